The lowest BCUT2D eigenvalue weighted by Crippen LogP contribution is -2.31. The summed E-state index contributed by atoms with van der Waals surface area (Å²) < 4.78 is 0. The van der Waals surface area contributed by atoms with Gasteiger partial charge in [-0.25, -0.2) is 4.99 Å². The van der Waals surface area contributed by atoms with E-state index in [0.717, 1.165) is 24.4 Å². The minimum Gasteiger partial charge on any atom is -0.370 e. The van der Waals surface area contributed by atoms with Gasteiger partial charge in [0, 0.05) is 5.69 Å². The van der Waals surface area contributed by atoms with E-state index < -0.39 is 0 Å². The van der Waals surface area contributed by atoms with E-state index in [1.165, 1.54) is 0 Å². The quantitative estimate of drug-likeness (QED) is 0.572. The van der Waals surface area contributed by atoms with Crippen LogP contribution in [0.5, 0.6) is 0 Å². The van der Waals surface area contributed by atoms with Crippen molar-refractivity contribution in [3.63, 3.8) is 0 Å². The molecule has 2 rings (SSSR count). The van der Waals surface area contributed by atoms with Crippen LogP contribution in [0.25, 0.3) is 0 Å². The molecule has 1 aromatic rings. The summed E-state index contributed by atoms with van der Waals surface area (Å²) in [4.78, 5) is 4.41. The highest BCUT2D eigenvalue weighted by atomic mass is 15.1. The molecule has 3 heteroatoms. The lowest BCUT2D eigenvalue weighted by atomic mass is 9.82. The Morgan fingerprint density at radius 1 is 1.33 bits per heavy atom. The summed E-state index contributed by atoms with van der Waals surface area (Å²) >= 11 is 0. The molecule has 1 fully saturated rings. The molecule has 3 N–H and O–H groups in total. The van der Waals surface area contributed by atoms with Gasteiger partial charge < -0.3 is 11.1 Å². The fourth-order valence-electron chi connectivity index (χ4n) is 1.86. The van der Waals surface area contributed by atoms with Gasteiger partial charge >= 0.3 is 0 Å². The summed E-state index contributed by atoms with van der Waals surface area (Å²) in [6.07, 6.45) is 2.33. The van der Waals surface area contributed by atoms with E-state index in [0.29, 0.717) is 12.0 Å². The topological polar surface area (TPSA) is 50.4 Å². The molecule has 0 bridgehead atoms. The summed E-state index contributed by atoms with van der Waals surface area (Å²) in [5, 5.41) is 3.08. The van der Waals surface area contributed by atoms with Crippen LogP contribution in [0.3, 0.4) is 0 Å². The Balaban J connectivity index is 1.89. The Hall–Kier alpha value is -1.51. The zero-order valence-electron chi connectivity index (χ0n) is 8.98. The van der Waals surface area contributed by atoms with Crippen LogP contribution in [0.15, 0.2) is 35.3 Å². The Kier molecular flexibility index (Phi) is 2.90. The van der Waals surface area contributed by atoms with Gasteiger partial charge in [0.05, 0.1) is 6.04 Å². The predicted octanol–water partition coefficient (Wildman–Crippen LogP) is 2.21. The molecular weight excluding hydrogens is 186 g/mol. The summed E-state index contributed by atoms with van der Waals surface area (Å²) in [5.41, 5.74) is 6.79. The number of nitrogens with zero attached hydrogens (tertiary/aromatic N) is 1. The zero-order valence-corrected chi connectivity index (χ0v) is 8.98. The zero-order chi connectivity index (χ0) is 10.7. The van der Waals surface area contributed by atoms with Gasteiger partial charge in [-0.15, -0.1) is 0 Å². The van der Waals surface area contributed by atoms with Crippen molar-refractivity contribution >= 4 is 11.6 Å². The summed E-state index contributed by atoms with van der Waals surface area (Å²) in [7, 11) is 0. The standard InChI is InChI=1S/C12H17N3/c1-9-7-11(8-9)15-12(13)14-10-5-3-2-4-6-10/h2-6,9,11H,7-8H2,1H3,(H3,13,14,15). The second-order valence-corrected chi connectivity index (χ2v) is 4.24. The van der Waals surface area contributed by atoms with Crippen molar-refractivity contribution in [1.82, 2.24) is 0 Å². The molecule has 0 aromatic heterocycles. The van der Waals surface area contributed by atoms with Crippen LogP contribution in [0.4, 0.5) is 5.69 Å². The van der Waals surface area contributed by atoms with Gasteiger partial charge in [-0.05, 0) is 30.9 Å². The molecule has 3 nitrogen and oxygen atoms in total. The number of hydrogen-bond acceptors (Lipinski definition) is 1. The third-order valence-electron chi connectivity index (χ3n) is 2.72. The van der Waals surface area contributed by atoms with Gasteiger partial charge in [0.2, 0.25) is 0 Å². The molecule has 1 aliphatic carbocycles. The lowest BCUT2D eigenvalue weighted by molar-refractivity contribution is 0.292. The van der Waals surface area contributed by atoms with E-state index in [2.05, 4.69) is 17.2 Å². The molecule has 15 heavy (non-hydrogen) atoms. The average molecular weight is 203 g/mol. The molecule has 1 aromatic carbocycles. The number of hydrogen-bond donors (Lipinski definition) is 2. The fourth-order valence-corrected chi connectivity index (χ4v) is 1.86. The highest BCUT2D eigenvalue weighted by Crippen LogP contribution is 2.29. The van der Waals surface area contributed by atoms with E-state index in [4.69, 9.17) is 5.73 Å². The van der Waals surface area contributed by atoms with Gasteiger partial charge in [-0.2, -0.15) is 0 Å². The number of aliphatic imine (C=N–C) groups is 1. The van der Waals surface area contributed by atoms with Gasteiger partial charge in [0.1, 0.15) is 0 Å². The molecular formula is C12H17N3. The number of guanidine groups is 1. The van der Waals surface area contributed by atoms with E-state index in [1.54, 1.807) is 0 Å². The van der Waals surface area contributed by atoms with Crippen molar-refractivity contribution in [1.29, 1.82) is 0 Å². The molecule has 0 saturated heterocycles. The monoisotopic (exact) mass is 203 g/mol. The van der Waals surface area contributed by atoms with Gasteiger partial charge in [-0.3, -0.25) is 0 Å². The predicted molar refractivity (Wildman–Crippen MR) is 63.9 cm³/mol. The minimum absolute atomic E-state index is 0.427. The van der Waals surface area contributed by atoms with E-state index >= 15 is 0 Å². The third-order valence-corrected chi connectivity index (χ3v) is 2.72. The molecule has 0 heterocycles. The first kappa shape index (κ1) is 10.0. The van der Waals surface area contributed by atoms with Crippen molar-refractivity contribution in [2.24, 2.45) is 16.6 Å². The summed E-state index contributed by atoms with van der Waals surface area (Å²) in [6, 6.07) is 10.3. The van der Waals surface area contributed by atoms with Gasteiger partial charge in [0.15, 0.2) is 5.96 Å². The third kappa shape index (κ3) is 2.72. The van der Waals surface area contributed by atoms with Crippen LogP contribution in [0.2, 0.25) is 0 Å². The van der Waals surface area contributed by atoms with Crippen molar-refractivity contribution < 1.29 is 0 Å². The largest absolute Gasteiger partial charge is 0.370 e. The Morgan fingerprint density at radius 2 is 2.00 bits per heavy atom. The maximum absolute atomic E-state index is 5.80. The van der Waals surface area contributed by atoms with E-state index in [1.807, 2.05) is 30.3 Å². The second kappa shape index (κ2) is 4.34. The first-order chi connectivity index (χ1) is 7.24. The van der Waals surface area contributed by atoms with Gasteiger partial charge in [0.25, 0.3) is 0 Å². The van der Waals surface area contributed by atoms with Crippen molar-refractivity contribution in [2.45, 2.75) is 25.8 Å². The molecule has 1 saturated carbocycles. The molecule has 0 unspecified atom stereocenters. The fraction of sp³-hybridized carbons (Fsp3) is 0.417. The summed E-state index contributed by atoms with van der Waals surface area (Å²) in [5.74, 6) is 1.33. The number of anilines is 1. The molecule has 0 aliphatic heterocycles. The number of para-hydroxylation sites is 1. The minimum atomic E-state index is 0.427. The number of nitrogens with one attached hydrogen (secondary N) is 1. The smallest absolute Gasteiger partial charge is 0.193 e. The van der Waals surface area contributed by atoms with Crippen molar-refractivity contribution in [3.05, 3.63) is 30.3 Å². The molecule has 0 spiro atoms. The highest BCUT2D eigenvalue weighted by Gasteiger charge is 2.24. The van der Waals surface area contributed by atoms with Crippen LogP contribution in [-0.4, -0.2) is 12.0 Å². The van der Waals surface area contributed by atoms with E-state index in [-0.39, 0.29) is 0 Å². The lowest BCUT2D eigenvalue weighted by Gasteiger charge is -2.29. The highest BCUT2D eigenvalue weighted by molar-refractivity contribution is 5.92. The first-order valence-corrected chi connectivity index (χ1v) is 5.39. The number of rotatable bonds is 2. The SMILES string of the molecule is CC1CC(N=C(N)Nc2ccccc2)C1. The number of nitrogens with two attached hydrogens (primary N) is 1. The molecule has 0 atom stereocenters. The van der Waals surface area contributed by atoms with Crippen LogP contribution < -0.4 is 11.1 Å². The molecule has 1 aliphatic rings. The maximum atomic E-state index is 5.80. The van der Waals surface area contributed by atoms with Gasteiger partial charge in [-0.1, -0.05) is 25.1 Å². The van der Waals surface area contributed by atoms with E-state index in [9.17, 15) is 0 Å². The van der Waals surface area contributed by atoms with Crippen molar-refractivity contribution in [2.75, 3.05) is 5.32 Å². The first-order valence-electron chi connectivity index (χ1n) is 5.39. The molecule has 0 radical (unpaired) electrons. The molecule has 0 amide bonds. The molecule has 80 valence electrons. The van der Waals surface area contributed by atoms with Crippen LogP contribution >= 0.6 is 0 Å². The van der Waals surface area contributed by atoms with Crippen LogP contribution in [0, 0.1) is 5.92 Å². The van der Waals surface area contributed by atoms with Crippen molar-refractivity contribution in [3.8, 4) is 0 Å². The maximum Gasteiger partial charge on any atom is 0.193 e. The normalized spacial score (nSPS) is 25.8. The Labute approximate surface area is 90.4 Å². The average Bonchev–Trinajstić information content (AvgIpc) is 2.17. The Bertz CT molecular complexity index is 339. The Morgan fingerprint density at radius 3 is 2.60 bits per heavy atom. The summed E-state index contributed by atoms with van der Waals surface area (Å²) in [6.45, 7) is 2.24. The number of benzene rings is 1. The van der Waals surface area contributed by atoms with Crippen LogP contribution in [-0.2, 0) is 0 Å². The van der Waals surface area contributed by atoms with Crippen LogP contribution in [0.1, 0.15) is 19.8 Å². The second-order valence-electron chi connectivity index (χ2n) is 4.24.